The van der Waals surface area contributed by atoms with Crippen molar-refractivity contribution < 1.29 is 23.7 Å². The Kier molecular flexibility index (Phi) is 4.31. The Morgan fingerprint density at radius 2 is 1.77 bits per heavy atom. The van der Waals surface area contributed by atoms with E-state index in [1.54, 1.807) is 30.5 Å². The molecule has 132 valence electrons. The monoisotopic (exact) mass is 351 g/mol. The molecule has 26 heavy (non-hydrogen) atoms. The first-order valence-electron chi connectivity index (χ1n) is 8.29. The Labute approximate surface area is 150 Å². The molecule has 0 amide bonds. The van der Waals surface area contributed by atoms with Crippen molar-refractivity contribution in [3.05, 3.63) is 54.2 Å². The highest BCUT2D eigenvalue weighted by atomic mass is 16.5. The van der Waals surface area contributed by atoms with Crippen LogP contribution in [0.5, 0.6) is 23.1 Å². The molecule has 6 nitrogen and oxygen atoms in total. The summed E-state index contributed by atoms with van der Waals surface area (Å²) in [6.45, 7) is 1.25. The number of benzene rings is 2. The topological polar surface area (TPSA) is 66.9 Å². The number of rotatable bonds is 3. The van der Waals surface area contributed by atoms with E-state index in [0.717, 1.165) is 22.9 Å². The number of ether oxygens (including phenoxy) is 4. The minimum Gasteiger partial charge on any atom is -0.490 e. The fourth-order valence-corrected chi connectivity index (χ4v) is 2.77. The van der Waals surface area contributed by atoms with Crippen LogP contribution < -0.4 is 14.2 Å². The molecule has 1 aromatic heterocycles. The summed E-state index contributed by atoms with van der Waals surface area (Å²) in [5.41, 5.74) is 0.460. The van der Waals surface area contributed by atoms with Crippen LogP contribution in [0.1, 0.15) is 16.8 Å². The van der Waals surface area contributed by atoms with Gasteiger partial charge in [0.05, 0.1) is 25.9 Å². The van der Waals surface area contributed by atoms with E-state index in [2.05, 4.69) is 4.98 Å². The van der Waals surface area contributed by atoms with Crippen molar-refractivity contribution in [1.82, 2.24) is 4.98 Å². The van der Waals surface area contributed by atoms with Crippen molar-refractivity contribution in [2.75, 3.05) is 20.3 Å². The number of hydrogen-bond donors (Lipinski definition) is 0. The second-order valence-corrected chi connectivity index (χ2v) is 5.80. The van der Waals surface area contributed by atoms with Crippen LogP contribution in [0.2, 0.25) is 0 Å². The lowest BCUT2D eigenvalue weighted by Crippen LogP contribution is -2.00. The minimum absolute atomic E-state index is 0.389. The van der Waals surface area contributed by atoms with Crippen molar-refractivity contribution in [3.63, 3.8) is 0 Å². The van der Waals surface area contributed by atoms with Crippen LogP contribution in [0, 0.1) is 0 Å². The lowest BCUT2D eigenvalue weighted by molar-refractivity contribution is 0.0600. The van der Waals surface area contributed by atoms with Crippen molar-refractivity contribution in [3.8, 4) is 23.1 Å². The molecular formula is C20H17NO5. The molecule has 0 aliphatic carbocycles. The van der Waals surface area contributed by atoms with Gasteiger partial charge in [-0.1, -0.05) is 0 Å². The maximum absolute atomic E-state index is 11.5. The van der Waals surface area contributed by atoms with Crippen LogP contribution in [-0.4, -0.2) is 31.3 Å². The quantitative estimate of drug-likeness (QED) is 0.665. The molecule has 0 radical (unpaired) electrons. The van der Waals surface area contributed by atoms with Gasteiger partial charge in [0, 0.05) is 18.0 Å². The van der Waals surface area contributed by atoms with E-state index in [9.17, 15) is 4.79 Å². The third-order valence-corrected chi connectivity index (χ3v) is 4.09. The molecule has 0 saturated carbocycles. The number of hydrogen-bond acceptors (Lipinski definition) is 6. The molecule has 0 bridgehead atoms. The predicted octanol–water partition coefficient (Wildman–Crippen LogP) is 3.98. The molecule has 0 unspecified atom stereocenters. The highest BCUT2D eigenvalue weighted by molar-refractivity contribution is 5.90. The van der Waals surface area contributed by atoms with Gasteiger partial charge in [-0.2, -0.15) is 0 Å². The molecule has 1 aliphatic rings. The third-order valence-electron chi connectivity index (χ3n) is 4.09. The average molecular weight is 351 g/mol. The van der Waals surface area contributed by atoms with Crippen molar-refractivity contribution in [2.45, 2.75) is 6.42 Å². The molecule has 3 aromatic rings. The number of fused-ring (bicyclic) bond motifs is 2. The summed E-state index contributed by atoms with van der Waals surface area (Å²) in [4.78, 5) is 15.9. The molecule has 0 atom stereocenters. The number of methoxy groups -OCH3 is 1. The molecule has 0 N–H and O–H groups in total. The van der Waals surface area contributed by atoms with E-state index in [1.807, 2.05) is 18.2 Å². The molecule has 1 aliphatic heterocycles. The summed E-state index contributed by atoms with van der Waals surface area (Å²) in [6, 6.07) is 12.4. The van der Waals surface area contributed by atoms with Crippen molar-refractivity contribution in [1.29, 1.82) is 0 Å². The van der Waals surface area contributed by atoms with Gasteiger partial charge in [-0.25, -0.2) is 9.78 Å². The van der Waals surface area contributed by atoms with Gasteiger partial charge in [0.25, 0.3) is 0 Å². The standard InChI is InChI=1S/C20H17NO5/c1-23-20(22)13-3-5-15(6-4-13)26-19-16-12-18-17(24-9-2-10-25-18)11-14(16)7-8-21-19/h3-8,11-12H,2,9-10H2,1H3. The van der Waals surface area contributed by atoms with Crippen LogP contribution in [0.25, 0.3) is 10.8 Å². The van der Waals surface area contributed by atoms with E-state index in [0.29, 0.717) is 36.2 Å². The van der Waals surface area contributed by atoms with Crippen molar-refractivity contribution >= 4 is 16.7 Å². The molecule has 6 heteroatoms. The van der Waals surface area contributed by atoms with Crippen molar-refractivity contribution in [2.24, 2.45) is 0 Å². The summed E-state index contributed by atoms with van der Waals surface area (Å²) in [5.74, 6) is 2.07. The van der Waals surface area contributed by atoms with Gasteiger partial charge in [-0.3, -0.25) is 0 Å². The predicted molar refractivity (Wildman–Crippen MR) is 95.2 cm³/mol. The third kappa shape index (κ3) is 3.13. The minimum atomic E-state index is -0.389. The van der Waals surface area contributed by atoms with Gasteiger partial charge in [0.2, 0.25) is 5.88 Å². The summed E-state index contributed by atoms with van der Waals surface area (Å²) in [5, 5.41) is 1.78. The smallest absolute Gasteiger partial charge is 0.337 e. The summed E-state index contributed by atoms with van der Waals surface area (Å²) < 4.78 is 22.1. The first kappa shape index (κ1) is 16.2. The average Bonchev–Trinajstić information content (AvgIpc) is 2.91. The first-order chi connectivity index (χ1) is 12.7. The van der Waals surface area contributed by atoms with Gasteiger partial charge in [-0.15, -0.1) is 0 Å². The Balaban J connectivity index is 1.68. The zero-order chi connectivity index (χ0) is 17.9. The van der Waals surface area contributed by atoms with E-state index < -0.39 is 0 Å². The van der Waals surface area contributed by atoms with Crippen LogP contribution in [0.15, 0.2) is 48.7 Å². The highest BCUT2D eigenvalue weighted by Gasteiger charge is 2.15. The van der Waals surface area contributed by atoms with E-state index >= 15 is 0 Å². The normalized spacial score (nSPS) is 13.1. The lowest BCUT2D eigenvalue weighted by atomic mass is 10.1. The fraction of sp³-hybridized carbons (Fsp3) is 0.200. The Morgan fingerprint density at radius 1 is 1.04 bits per heavy atom. The second kappa shape index (κ2) is 6.92. The summed E-state index contributed by atoms with van der Waals surface area (Å²) in [7, 11) is 1.35. The SMILES string of the molecule is COC(=O)c1ccc(Oc2nccc3cc4c(cc23)OCCCO4)cc1. The number of esters is 1. The number of pyridine rings is 1. The molecule has 2 heterocycles. The number of nitrogens with zero attached hydrogens (tertiary/aromatic N) is 1. The zero-order valence-corrected chi connectivity index (χ0v) is 14.2. The van der Waals surface area contributed by atoms with Gasteiger partial charge < -0.3 is 18.9 Å². The second-order valence-electron chi connectivity index (χ2n) is 5.80. The van der Waals surface area contributed by atoms with Gasteiger partial charge in [0.1, 0.15) is 5.75 Å². The van der Waals surface area contributed by atoms with Crippen LogP contribution in [-0.2, 0) is 4.74 Å². The van der Waals surface area contributed by atoms with Gasteiger partial charge in [-0.05, 0) is 47.9 Å². The lowest BCUT2D eigenvalue weighted by Gasteiger charge is -2.12. The van der Waals surface area contributed by atoms with Gasteiger partial charge in [0.15, 0.2) is 11.5 Å². The largest absolute Gasteiger partial charge is 0.490 e. The summed E-state index contributed by atoms with van der Waals surface area (Å²) >= 11 is 0. The Morgan fingerprint density at radius 3 is 2.50 bits per heavy atom. The molecule has 4 rings (SSSR count). The zero-order valence-electron chi connectivity index (χ0n) is 14.2. The number of carbonyl (C=O) groups excluding carboxylic acids is 1. The highest BCUT2D eigenvalue weighted by Crippen LogP contribution is 2.38. The molecule has 0 spiro atoms. The van der Waals surface area contributed by atoms with E-state index in [-0.39, 0.29) is 5.97 Å². The molecule has 0 fully saturated rings. The maximum atomic E-state index is 11.5. The van der Waals surface area contributed by atoms with E-state index in [4.69, 9.17) is 18.9 Å². The summed E-state index contributed by atoms with van der Waals surface area (Å²) in [6.07, 6.45) is 2.53. The Hall–Kier alpha value is -3.28. The van der Waals surface area contributed by atoms with Crippen LogP contribution in [0.4, 0.5) is 0 Å². The van der Waals surface area contributed by atoms with E-state index in [1.165, 1.54) is 7.11 Å². The maximum Gasteiger partial charge on any atom is 0.337 e. The molecule has 0 saturated heterocycles. The number of aromatic nitrogens is 1. The first-order valence-corrected chi connectivity index (χ1v) is 8.29. The van der Waals surface area contributed by atoms with Gasteiger partial charge >= 0.3 is 5.97 Å². The van der Waals surface area contributed by atoms with Crippen LogP contribution in [0.3, 0.4) is 0 Å². The molecule has 2 aromatic carbocycles. The molecular weight excluding hydrogens is 334 g/mol. The van der Waals surface area contributed by atoms with Crippen LogP contribution >= 0.6 is 0 Å². The Bertz CT molecular complexity index is 952. The number of carbonyl (C=O) groups is 1. The fourth-order valence-electron chi connectivity index (χ4n) is 2.77.